The largest absolute Gasteiger partial charge is 0.455 e. The Hall–Kier alpha value is -7.16. The van der Waals surface area contributed by atoms with Crippen LogP contribution in [0.15, 0.2) is 150 Å². The first-order valence-electron chi connectivity index (χ1n) is 25.9. The summed E-state index contributed by atoms with van der Waals surface area (Å²) in [5.41, 5.74) is 4.49. The zero-order chi connectivity index (χ0) is 52.6. The van der Waals surface area contributed by atoms with Gasteiger partial charge in [-0.05, 0) is 152 Å². The van der Waals surface area contributed by atoms with Crippen LogP contribution in [0.1, 0.15) is 77.6 Å². The molecule has 4 aromatic heterocycles. The highest BCUT2D eigenvalue weighted by Gasteiger charge is 2.17. The fourth-order valence-corrected chi connectivity index (χ4v) is 7.32. The number of nitrogens with zero attached hydrogens (tertiary/aromatic N) is 4. The number of furan rings is 1. The molecule has 0 radical (unpaired) electrons. The lowest BCUT2D eigenvalue weighted by atomic mass is 9.93. The Labute approximate surface area is 375 Å². The first-order valence-corrected chi connectivity index (χ1v) is 19.9. The molecule has 0 aliphatic carbocycles. The van der Waals surface area contributed by atoms with Gasteiger partial charge >= 0.3 is 0 Å². The smallest absolute Gasteiger partial charge is 0.144 e. The highest BCUT2D eigenvalue weighted by molar-refractivity contribution is 6.10. The molecule has 4 heterocycles. The molecule has 0 spiro atoms. The van der Waals surface area contributed by atoms with Crippen molar-refractivity contribution in [2.45, 2.75) is 65.9 Å². The van der Waals surface area contributed by atoms with Gasteiger partial charge in [0.05, 0.1) is 28.7 Å². The fraction of sp³-hybridized carbons (Fsp3) is 0.179. The highest BCUT2D eigenvalue weighted by atomic mass is 16.3. The second-order valence-corrected chi connectivity index (χ2v) is 14.9. The third-order valence-electron chi connectivity index (χ3n) is 10.7. The van der Waals surface area contributed by atoms with E-state index in [2.05, 4.69) is 21.0 Å². The van der Waals surface area contributed by atoms with E-state index in [0.29, 0.717) is 56.1 Å². The zero-order valence-corrected chi connectivity index (χ0v) is 34.1. The molecule has 0 bridgehead atoms. The van der Waals surface area contributed by atoms with Crippen molar-refractivity contribution in [3.05, 3.63) is 207 Å². The predicted molar refractivity (Wildman–Crippen MR) is 249 cm³/mol. The zero-order valence-electron chi connectivity index (χ0n) is 46.1. The summed E-state index contributed by atoms with van der Waals surface area (Å²) >= 11 is 0. The molecule has 0 unspecified atom stereocenters. The second kappa shape index (κ2) is 17.2. The predicted octanol–water partition coefficient (Wildman–Crippen LogP) is 13.2. The first kappa shape index (κ1) is 27.6. The Morgan fingerprint density at radius 1 is 0.492 bits per heavy atom. The number of fused-ring (bicyclic) bond motifs is 3. The normalized spacial score (nSPS) is 15.7. The van der Waals surface area contributed by atoms with E-state index in [0.717, 1.165) is 40.1 Å². The van der Waals surface area contributed by atoms with Crippen LogP contribution in [0.2, 0.25) is 0 Å². The monoisotopic (exact) mass is 804 g/mol. The molecule has 0 N–H and O–H groups in total. The number of aromatic nitrogens is 3. The van der Waals surface area contributed by atoms with Crippen LogP contribution in [0.5, 0.6) is 0 Å². The molecule has 0 aliphatic rings. The maximum Gasteiger partial charge on any atom is 0.144 e. The van der Waals surface area contributed by atoms with Crippen molar-refractivity contribution in [2.24, 2.45) is 0 Å². The number of benzene rings is 5. The summed E-state index contributed by atoms with van der Waals surface area (Å²) in [6.45, 7) is 6.63. The van der Waals surface area contributed by atoms with Crippen molar-refractivity contribution < 1.29 is 20.9 Å². The number of pyridine rings is 3. The van der Waals surface area contributed by atoms with Crippen molar-refractivity contribution in [1.82, 2.24) is 15.0 Å². The first-order chi connectivity index (χ1) is 34.3. The van der Waals surface area contributed by atoms with Crippen LogP contribution in [0.3, 0.4) is 0 Å². The third-order valence-corrected chi connectivity index (χ3v) is 10.7. The van der Waals surface area contributed by atoms with Crippen molar-refractivity contribution in [3.8, 4) is 39.8 Å². The van der Waals surface area contributed by atoms with Crippen LogP contribution in [0.4, 0.5) is 0 Å². The van der Waals surface area contributed by atoms with Crippen LogP contribution in [0.25, 0.3) is 55.7 Å². The molecular weight excluding hydrogens is 745 g/mol. The summed E-state index contributed by atoms with van der Waals surface area (Å²) in [6.07, 6.45) is -14.4. The molecule has 0 fully saturated rings. The van der Waals surface area contributed by atoms with Crippen LogP contribution in [-0.4, -0.2) is 15.0 Å². The standard InChI is InChI=1S/C56H48N4O/c1-36-26-52(43-12-7-5-8-13-43)58-33-46(36)21-18-40-29-41(19-22-47-34-59-53(27-37(47)2)44-14-9-6-10-15-44)31-42(30-40)20-23-48-35-60-54(28-38(48)3)51-17-11-16-49-50-25-24-45(32-57)39(4)55(50)61-56(49)51/h5-17,24-31,33-35H,18-23H2,1-4H3/i18D2,19D2,20D2,21D2,22D2,23D2. The molecule has 9 rings (SSSR count). The average Bonchev–Trinajstić information content (AvgIpc) is 3.76. The molecule has 5 heteroatoms. The van der Waals surface area contributed by atoms with Crippen LogP contribution in [-0.2, 0) is 38.2 Å². The number of rotatable bonds is 12. The van der Waals surface area contributed by atoms with E-state index in [1.165, 1.54) is 18.6 Å². The number of nitriles is 1. The van der Waals surface area contributed by atoms with Gasteiger partial charge in [0.1, 0.15) is 11.2 Å². The van der Waals surface area contributed by atoms with Crippen LogP contribution < -0.4 is 0 Å². The minimum atomic E-state index is -3.13. The number of hydrogen-bond acceptors (Lipinski definition) is 5. The number of aryl methyl sites for hydroxylation is 10. The molecule has 9 aromatic rings. The van der Waals surface area contributed by atoms with Crippen molar-refractivity contribution >= 4 is 21.9 Å². The number of para-hydroxylation sites is 1. The van der Waals surface area contributed by atoms with Gasteiger partial charge in [-0.1, -0.05) is 91.0 Å². The van der Waals surface area contributed by atoms with Crippen LogP contribution in [0, 0.1) is 39.0 Å². The van der Waals surface area contributed by atoms with Crippen LogP contribution >= 0.6 is 0 Å². The Kier molecular flexibility index (Phi) is 7.78. The summed E-state index contributed by atoms with van der Waals surface area (Å²) in [5, 5.41) is 11.2. The molecule has 0 aliphatic heterocycles. The molecule has 0 saturated heterocycles. The van der Waals surface area contributed by atoms with Gasteiger partial charge in [0, 0.05) is 68.1 Å². The Morgan fingerprint density at radius 2 is 0.951 bits per heavy atom. The van der Waals surface area contributed by atoms with Gasteiger partial charge in [-0.3, -0.25) is 15.0 Å². The highest BCUT2D eigenvalue weighted by Crippen LogP contribution is 2.37. The minimum Gasteiger partial charge on any atom is -0.455 e. The van der Waals surface area contributed by atoms with Crippen molar-refractivity contribution in [3.63, 3.8) is 0 Å². The SMILES string of the molecule is [2H]C([2H])(c1cc(C([2H])([2H])C([2H])([2H])c2cnc(-c3ccccc3)cc2C)cc(C([2H])([2H])C([2H])([2H])c2cnc(-c3cccc4c3oc3c(C)c(C#N)ccc34)cc2C)c1)C([2H])([2H])c1cnc(-c2ccccc2)cc1C. The average molecular weight is 805 g/mol. The Balaban J connectivity index is 1.17. The van der Waals surface area contributed by atoms with E-state index in [1.54, 1.807) is 58.0 Å². The molecule has 5 aromatic carbocycles. The van der Waals surface area contributed by atoms with E-state index in [9.17, 15) is 21.7 Å². The quantitative estimate of drug-likeness (QED) is 0.123. The third kappa shape index (κ3) is 8.36. The summed E-state index contributed by atoms with van der Waals surface area (Å²) < 4.78 is 121. The summed E-state index contributed by atoms with van der Waals surface area (Å²) in [7, 11) is 0. The van der Waals surface area contributed by atoms with E-state index >= 15 is 0 Å². The summed E-state index contributed by atoms with van der Waals surface area (Å²) in [4.78, 5) is 13.6. The van der Waals surface area contributed by atoms with Gasteiger partial charge in [0.25, 0.3) is 0 Å². The Bertz CT molecular complexity index is 3530. The molecule has 0 atom stereocenters. The van der Waals surface area contributed by atoms with Crippen molar-refractivity contribution in [2.75, 3.05) is 0 Å². The molecule has 61 heavy (non-hydrogen) atoms. The van der Waals surface area contributed by atoms with Gasteiger partial charge in [0.15, 0.2) is 0 Å². The molecule has 0 amide bonds. The molecular formula is C56H48N4O. The number of hydrogen-bond donors (Lipinski definition) is 0. The van der Waals surface area contributed by atoms with E-state index in [-0.39, 0.29) is 22.3 Å². The van der Waals surface area contributed by atoms with Gasteiger partial charge < -0.3 is 4.42 Å². The van der Waals surface area contributed by atoms with E-state index < -0.39 is 54.9 Å². The van der Waals surface area contributed by atoms with Crippen molar-refractivity contribution in [1.29, 1.82) is 5.26 Å². The fourth-order valence-electron chi connectivity index (χ4n) is 7.32. The minimum absolute atomic E-state index is 0.136. The second-order valence-electron chi connectivity index (χ2n) is 14.9. The molecule has 5 nitrogen and oxygen atoms in total. The summed E-state index contributed by atoms with van der Waals surface area (Å²) in [6, 6.07) is 37.4. The maximum absolute atomic E-state index is 9.65. The lowest BCUT2D eigenvalue weighted by Gasteiger charge is -2.14. The van der Waals surface area contributed by atoms with Gasteiger partial charge in [-0.15, -0.1) is 0 Å². The topological polar surface area (TPSA) is 75.6 Å². The Morgan fingerprint density at radius 3 is 1.43 bits per heavy atom. The lowest BCUT2D eigenvalue weighted by molar-refractivity contribution is 0.666. The maximum atomic E-state index is 9.65. The van der Waals surface area contributed by atoms with E-state index in [1.807, 2.05) is 78.9 Å². The van der Waals surface area contributed by atoms with E-state index in [4.69, 9.17) is 4.42 Å². The molecule has 0 saturated carbocycles. The molecule has 298 valence electrons. The summed E-state index contributed by atoms with van der Waals surface area (Å²) in [5.74, 6) is 0. The van der Waals surface area contributed by atoms with Gasteiger partial charge in [-0.2, -0.15) is 5.26 Å². The van der Waals surface area contributed by atoms with Gasteiger partial charge in [0.2, 0.25) is 0 Å². The van der Waals surface area contributed by atoms with Gasteiger partial charge in [-0.25, -0.2) is 0 Å². The lowest BCUT2D eigenvalue weighted by Crippen LogP contribution is -2.02.